The second-order valence-corrected chi connectivity index (χ2v) is 5.91. The van der Waals surface area contributed by atoms with Gasteiger partial charge in [0.2, 0.25) is 0 Å². The van der Waals surface area contributed by atoms with E-state index in [2.05, 4.69) is 0 Å². The van der Waals surface area contributed by atoms with Crippen molar-refractivity contribution in [3.05, 3.63) is 54.9 Å². The summed E-state index contributed by atoms with van der Waals surface area (Å²) in [5.41, 5.74) is 0.273. The van der Waals surface area contributed by atoms with Crippen LogP contribution in [0.5, 0.6) is 11.5 Å². The van der Waals surface area contributed by atoms with Crippen LogP contribution in [-0.4, -0.2) is 13.1 Å². The standard InChI is InChI=1S/C14H7Cl5O3/c1-21-7-4-2-6(3-5-7)14(20)22-13-11(18)9(16)8(15)10(17)12(13)19/h2-5H,1H3. The molecule has 116 valence electrons. The predicted octanol–water partition coefficient (Wildman–Crippen LogP) is 6.18. The number of rotatable bonds is 3. The molecular formula is C14H7Cl5O3. The van der Waals surface area contributed by atoms with Gasteiger partial charge in [0.05, 0.1) is 27.7 Å². The Labute approximate surface area is 151 Å². The first kappa shape index (κ1) is 17.5. The fourth-order valence-corrected chi connectivity index (χ4v) is 2.75. The van der Waals surface area contributed by atoms with Crippen molar-refractivity contribution < 1.29 is 14.3 Å². The molecule has 0 aliphatic carbocycles. The molecule has 22 heavy (non-hydrogen) atoms. The molecule has 0 fully saturated rings. The minimum absolute atomic E-state index is 0.0115. The van der Waals surface area contributed by atoms with Crippen LogP contribution in [0.2, 0.25) is 25.1 Å². The summed E-state index contributed by atoms with van der Waals surface area (Å²) in [4.78, 5) is 12.1. The van der Waals surface area contributed by atoms with Gasteiger partial charge in [0, 0.05) is 0 Å². The molecule has 0 N–H and O–H groups in total. The van der Waals surface area contributed by atoms with Crippen molar-refractivity contribution in [1.29, 1.82) is 0 Å². The van der Waals surface area contributed by atoms with Crippen LogP contribution in [0.3, 0.4) is 0 Å². The lowest BCUT2D eigenvalue weighted by Gasteiger charge is -2.12. The van der Waals surface area contributed by atoms with Crippen LogP contribution in [0.1, 0.15) is 10.4 Å². The van der Waals surface area contributed by atoms with E-state index in [1.807, 2.05) is 0 Å². The highest BCUT2D eigenvalue weighted by molar-refractivity contribution is 6.55. The lowest BCUT2D eigenvalue weighted by molar-refractivity contribution is 0.0735. The fourth-order valence-electron chi connectivity index (χ4n) is 1.55. The topological polar surface area (TPSA) is 35.5 Å². The first-order chi connectivity index (χ1) is 10.4. The molecule has 0 bridgehead atoms. The van der Waals surface area contributed by atoms with Crippen molar-refractivity contribution in [3.8, 4) is 11.5 Å². The maximum absolute atomic E-state index is 12.1. The average Bonchev–Trinajstić information content (AvgIpc) is 2.55. The van der Waals surface area contributed by atoms with Crippen molar-refractivity contribution in [1.82, 2.24) is 0 Å². The Morgan fingerprint density at radius 2 is 1.27 bits per heavy atom. The summed E-state index contributed by atoms with van der Waals surface area (Å²) in [6.45, 7) is 0. The van der Waals surface area contributed by atoms with Crippen molar-refractivity contribution in [2.45, 2.75) is 0 Å². The van der Waals surface area contributed by atoms with Crippen LogP contribution in [0, 0.1) is 0 Å². The fraction of sp³-hybridized carbons (Fsp3) is 0.0714. The Hall–Kier alpha value is -0.840. The molecule has 0 radical (unpaired) electrons. The summed E-state index contributed by atoms with van der Waals surface area (Å²) in [7, 11) is 1.52. The van der Waals surface area contributed by atoms with Gasteiger partial charge < -0.3 is 9.47 Å². The number of ether oxygens (including phenoxy) is 2. The summed E-state index contributed by atoms with van der Waals surface area (Å²) >= 11 is 29.7. The first-order valence-corrected chi connectivity index (χ1v) is 7.63. The molecule has 0 spiro atoms. The zero-order valence-electron chi connectivity index (χ0n) is 10.9. The Bertz CT molecular complexity index is 699. The third-order valence-electron chi connectivity index (χ3n) is 2.69. The van der Waals surface area contributed by atoms with Gasteiger partial charge in [0.15, 0.2) is 5.75 Å². The monoisotopic (exact) mass is 398 g/mol. The van der Waals surface area contributed by atoms with E-state index in [1.165, 1.54) is 19.2 Å². The van der Waals surface area contributed by atoms with Crippen LogP contribution < -0.4 is 9.47 Å². The molecule has 0 heterocycles. The van der Waals surface area contributed by atoms with Crippen LogP contribution in [0.25, 0.3) is 0 Å². The van der Waals surface area contributed by atoms with Crippen LogP contribution in [0.15, 0.2) is 24.3 Å². The Morgan fingerprint density at radius 3 is 1.73 bits per heavy atom. The third-order valence-corrected chi connectivity index (χ3v) is 4.93. The van der Waals surface area contributed by atoms with Crippen LogP contribution in [0.4, 0.5) is 0 Å². The summed E-state index contributed by atoms with van der Waals surface area (Å²) in [5.74, 6) is -0.227. The maximum Gasteiger partial charge on any atom is 0.343 e. The highest BCUT2D eigenvalue weighted by atomic mass is 35.5. The summed E-state index contributed by atoms with van der Waals surface area (Å²) in [5, 5.41) is -0.293. The van der Waals surface area contributed by atoms with E-state index in [-0.39, 0.29) is 36.4 Å². The number of benzene rings is 2. The molecule has 8 heteroatoms. The Kier molecular flexibility index (Phi) is 5.70. The number of halogens is 5. The summed E-state index contributed by atoms with van der Waals surface area (Å²) < 4.78 is 10.2. The highest BCUT2D eigenvalue weighted by Crippen LogP contribution is 2.48. The molecule has 3 nitrogen and oxygen atoms in total. The van der Waals surface area contributed by atoms with Gasteiger partial charge >= 0.3 is 5.97 Å². The van der Waals surface area contributed by atoms with Crippen molar-refractivity contribution >= 4 is 64.0 Å². The molecule has 0 amide bonds. The van der Waals surface area contributed by atoms with Gasteiger partial charge in [-0.25, -0.2) is 4.79 Å². The van der Waals surface area contributed by atoms with Crippen molar-refractivity contribution in [2.75, 3.05) is 7.11 Å². The number of methoxy groups -OCH3 is 1. The summed E-state index contributed by atoms with van der Waals surface area (Å²) in [6, 6.07) is 6.29. The van der Waals surface area contributed by atoms with Gasteiger partial charge in [0.1, 0.15) is 15.8 Å². The number of hydrogen-bond donors (Lipinski definition) is 0. The molecule has 0 saturated carbocycles. The molecule has 2 aromatic carbocycles. The molecule has 0 unspecified atom stereocenters. The summed E-state index contributed by atoms with van der Waals surface area (Å²) in [6.07, 6.45) is 0. The van der Waals surface area contributed by atoms with Gasteiger partial charge in [-0.15, -0.1) is 0 Å². The number of carbonyl (C=O) groups excluding carboxylic acids is 1. The van der Waals surface area contributed by atoms with E-state index >= 15 is 0 Å². The number of carbonyl (C=O) groups is 1. The van der Waals surface area contributed by atoms with Gasteiger partial charge in [0.25, 0.3) is 0 Å². The molecule has 0 atom stereocenters. The van der Waals surface area contributed by atoms with Gasteiger partial charge in [-0.3, -0.25) is 0 Å². The molecule has 0 aliphatic heterocycles. The zero-order chi connectivity index (χ0) is 16.4. The quantitative estimate of drug-likeness (QED) is 0.267. The Morgan fingerprint density at radius 1 is 0.818 bits per heavy atom. The van der Waals surface area contributed by atoms with Gasteiger partial charge in [-0.05, 0) is 24.3 Å². The van der Waals surface area contributed by atoms with Gasteiger partial charge in [-0.2, -0.15) is 0 Å². The number of esters is 1. The van der Waals surface area contributed by atoms with E-state index in [4.69, 9.17) is 67.5 Å². The van der Waals surface area contributed by atoms with Crippen molar-refractivity contribution in [3.63, 3.8) is 0 Å². The van der Waals surface area contributed by atoms with E-state index in [0.717, 1.165) is 0 Å². The second-order valence-electron chi connectivity index (χ2n) is 4.02. The SMILES string of the molecule is COc1ccc(C(=O)Oc2c(Cl)c(Cl)c(Cl)c(Cl)c2Cl)cc1. The predicted molar refractivity (Wildman–Crippen MR) is 89.4 cm³/mol. The van der Waals surface area contributed by atoms with Crippen LogP contribution in [-0.2, 0) is 0 Å². The van der Waals surface area contributed by atoms with Crippen molar-refractivity contribution in [2.24, 2.45) is 0 Å². The largest absolute Gasteiger partial charge is 0.497 e. The minimum atomic E-state index is -0.680. The average molecular weight is 400 g/mol. The molecule has 0 aromatic heterocycles. The smallest absolute Gasteiger partial charge is 0.343 e. The maximum atomic E-state index is 12.1. The molecular weight excluding hydrogens is 393 g/mol. The van der Waals surface area contributed by atoms with E-state index in [1.54, 1.807) is 12.1 Å². The Balaban J connectivity index is 2.36. The lowest BCUT2D eigenvalue weighted by atomic mass is 10.2. The minimum Gasteiger partial charge on any atom is -0.497 e. The van der Waals surface area contributed by atoms with Crippen LogP contribution >= 0.6 is 58.0 Å². The normalized spacial score (nSPS) is 10.5. The lowest BCUT2D eigenvalue weighted by Crippen LogP contribution is -2.09. The molecule has 2 aromatic rings. The van der Waals surface area contributed by atoms with E-state index < -0.39 is 5.97 Å². The zero-order valence-corrected chi connectivity index (χ0v) is 14.7. The first-order valence-electron chi connectivity index (χ1n) is 5.74. The second kappa shape index (κ2) is 7.16. The van der Waals surface area contributed by atoms with E-state index in [9.17, 15) is 4.79 Å². The third kappa shape index (κ3) is 3.39. The highest BCUT2D eigenvalue weighted by Gasteiger charge is 2.23. The number of hydrogen-bond acceptors (Lipinski definition) is 3. The molecule has 0 aliphatic rings. The molecule has 2 rings (SSSR count). The van der Waals surface area contributed by atoms with E-state index in [0.29, 0.717) is 5.75 Å². The molecule has 0 saturated heterocycles. The van der Waals surface area contributed by atoms with Gasteiger partial charge in [-0.1, -0.05) is 58.0 Å².